The highest BCUT2D eigenvalue weighted by Crippen LogP contribution is 2.20. The van der Waals surface area contributed by atoms with E-state index in [1.807, 2.05) is 18.2 Å². The number of nitrogens with zero attached hydrogens (tertiary/aromatic N) is 2. The maximum Gasteiger partial charge on any atom is 0.253 e. The van der Waals surface area contributed by atoms with Gasteiger partial charge in [-0.15, -0.1) is 0 Å². The minimum atomic E-state index is -0.109. The van der Waals surface area contributed by atoms with Gasteiger partial charge in [-0.25, -0.2) is 0 Å². The van der Waals surface area contributed by atoms with Crippen LogP contribution in [0.2, 0.25) is 0 Å². The van der Waals surface area contributed by atoms with Crippen molar-refractivity contribution >= 4 is 5.91 Å². The van der Waals surface area contributed by atoms with Crippen LogP contribution in [0.25, 0.3) is 5.69 Å². The fourth-order valence-corrected chi connectivity index (χ4v) is 2.76. The number of rotatable bonds is 4. The molecule has 0 saturated heterocycles. The smallest absolute Gasteiger partial charge is 0.253 e. The summed E-state index contributed by atoms with van der Waals surface area (Å²) in [6.45, 7) is 4.65. The van der Waals surface area contributed by atoms with Crippen molar-refractivity contribution in [3.05, 3.63) is 83.4 Å². The molecular formula is C19H19N3O. The van der Waals surface area contributed by atoms with E-state index in [1.54, 1.807) is 24.5 Å². The van der Waals surface area contributed by atoms with Gasteiger partial charge >= 0.3 is 0 Å². The largest absolute Gasteiger partial charge is 0.348 e. The van der Waals surface area contributed by atoms with Gasteiger partial charge in [-0.1, -0.05) is 18.2 Å². The number of hydrogen-bond acceptors (Lipinski definition) is 2. The number of aryl methyl sites for hydroxylation is 1. The molecule has 0 aliphatic rings. The summed E-state index contributed by atoms with van der Waals surface area (Å²) < 4.78 is 2.20. The van der Waals surface area contributed by atoms with Gasteiger partial charge in [-0.05, 0) is 49.7 Å². The number of benzene rings is 1. The molecule has 1 N–H and O–H groups in total. The molecule has 3 rings (SSSR count). The fourth-order valence-electron chi connectivity index (χ4n) is 2.76. The Bertz CT molecular complexity index is 807. The first-order chi connectivity index (χ1) is 11.2. The second kappa shape index (κ2) is 6.48. The molecule has 1 aromatic carbocycles. The Labute approximate surface area is 135 Å². The van der Waals surface area contributed by atoms with Gasteiger partial charge in [-0.2, -0.15) is 0 Å². The van der Waals surface area contributed by atoms with Gasteiger partial charge in [0.25, 0.3) is 5.91 Å². The van der Waals surface area contributed by atoms with Crippen LogP contribution in [0.1, 0.15) is 27.3 Å². The van der Waals surface area contributed by atoms with Crippen molar-refractivity contribution in [2.75, 3.05) is 0 Å². The minimum Gasteiger partial charge on any atom is -0.348 e. The first-order valence-corrected chi connectivity index (χ1v) is 7.58. The second-order valence-electron chi connectivity index (χ2n) is 5.49. The van der Waals surface area contributed by atoms with Crippen molar-refractivity contribution < 1.29 is 4.79 Å². The molecule has 4 nitrogen and oxygen atoms in total. The van der Waals surface area contributed by atoms with Crippen LogP contribution in [0.5, 0.6) is 0 Å². The standard InChI is InChI=1S/C19H19N3O/c1-14-11-17(13-21-19(23)16-7-6-10-20-12-16)15(2)22(14)18-8-4-3-5-9-18/h3-12H,13H2,1-2H3,(H,21,23). The molecule has 0 aliphatic heterocycles. The van der Waals surface area contributed by atoms with Gasteiger partial charge in [0.1, 0.15) is 0 Å². The van der Waals surface area contributed by atoms with Gasteiger partial charge in [0, 0.05) is 36.0 Å². The summed E-state index contributed by atoms with van der Waals surface area (Å²) in [4.78, 5) is 16.1. The Hall–Kier alpha value is -2.88. The molecule has 4 heteroatoms. The quantitative estimate of drug-likeness (QED) is 0.803. The Kier molecular flexibility index (Phi) is 4.24. The summed E-state index contributed by atoms with van der Waals surface area (Å²) in [5.74, 6) is -0.109. The van der Waals surface area contributed by atoms with Gasteiger partial charge < -0.3 is 9.88 Å². The Balaban J connectivity index is 1.79. The Morgan fingerprint density at radius 2 is 1.91 bits per heavy atom. The lowest BCUT2D eigenvalue weighted by molar-refractivity contribution is 0.0950. The topological polar surface area (TPSA) is 46.9 Å². The summed E-state index contributed by atoms with van der Waals surface area (Å²) in [5, 5.41) is 2.96. The number of pyridine rings is 1. The Morgan fingerprint density at radius 3 is 2.61 bits per heavy atom. The molecule has 0 spiro atoms. The summed E-state index contributed by atoms with van der Waals surface area (Å²) in [6, 6.07) is 15.9. The molecule has 0 saturated carbocycles. The number of amides is 1. The van der Waals surface area contributed by atoms with Crippen LogP contribution in [-0.4, -0.2) is 15.5 Å². The van der Waals surface area contributed by atoms with E-state index in [-0.39, 0.29) is 5.91 Å². The van der Waals surface area contributed by atoms with Gasteiger partial charge in [-0.3, -0.25) is 9.78 Å². The predicted octanol–water partition coefficient (Wildman–Crippen LogP) is 3.42. The molecule has 2 aromatic heterocycles. The van der Waals surface area contributed by atoms with E-state index < -0.39 is 0 Å². The molecule has 0 bridgehead atoms. The fraction of sp³-hybridized carbons (Fsp3) is 0.158. The average molecular weight is 305 g/mol. The van der Waals surface area contributed by atoms with Crippen LogP contribution in [-0.2, 0) is 6.54 Å². The minimum absolute atomic E-state index is 0.109. The van der Waals surface area contributed by atoms with Crippen LogP contribution in [0, 0.1) is 13.8 Å². The third-order valence-corrected chi connectivity index (χ3v) is 3.91. The summed E-state index contributed by atoms with van der Waals surface area (Å²) in [5.41, 5.74) is 5.11. The van der Waals surface area contributed by atoms with E-state index in [4.69, 9.17) is 0 Å². The summed E-state index contributed by atoms with van der Waals surface area (Å²) >= 11 is 0. The van der Waals surface area contributed by atoms with Crippen LogP contribution in [0.15, 0.2) is 60.9 Å². The third-order valence-electron chi connectivity index (χ3n) is 3.91. The lowest BCUT2D eigenvalue weighted by Crippen LogP contribution is -2.23. The van der Waals surface area contributed by atoms with Gasteiger partial charge in [0.15, 0.2) is 0 Å². The number of nitrogens with one attached hydrogen (secondary N) is 1. The van der Waals surface area contributed by atoms with Crippen LogP contribution < -0.4 is 5.32 Å². The molecule has 3 aromatic rings. The van der Waals surface area contributed by atoms with E-state index in [0.29, 0.717) is 12.1 Å². The highest BCUT2D eigenvalue weighted by atomic mass is 16.1. The van der Waals surface area contributed by atoms with Crippen molar-refractivity contribution in [2.45, 2.75) is 20.4 Å². The zero-order valence-corrected chi connectivity index (χ0v) is 13.3. The van der Waals surface area contributed by atoms with Crippen LogP contribution in [0.4, 0.5) is 0 Å². The normalized spacial score (nSPS) is 10.5. The lowest BCUT2D eigenvalue weighted by atomic mass is 10.2. The SMILES string of the molecule is Cc1cc(CNC(=O)c2cccnc2)c(C)n1-c1ccccc1. The molecule has 23 heavy (non-hydrogen) atoms. The molecule has 0 unspecified atom stereocenters. The highest BCUT2D eigenvalue weighted by molar-refractivity contribution is 5.93. The number of aromatic nitrogens is 2. The van der Waals surface area contributed by atoms with Crippen molar-refractivity contribution in [1.82, 2.24) is 14.9 Å². The first-order valence-electron chi connectivity index (χ1n) is 7.58. The van der Waals surface area contributed by atoms with Crippen molar-refractivity contribution in [3.8, 4) is 5.69 Å². The molecule has 0 aliphatic carbocycles. The lowest BCUT2D eigenvalue weighted by Gasteiger charge is -2.10. The summed E-state index contributed by atoms with van der Waals surface area (Å²) in [6.07, 6.45) is 3.23. The van der Waals surface area contributed by atoms with Crippen molar-refractivity contribution in [1.29, 1.82) is 0 Å². The zero-order valence-electron chi connectivity index (χ0n) is 13.3. The maximum atomic E-state index is 12.1. The van der Waals surface area contributed by atoms with E-state index in [2.05, 4.69) is 46.9 Å². The van der Waals surface area contributed by atoms with Crippen molar-refractivity contribution in [2.24, 2.45) is 0 Å². The molecule has 1 amide bonds. The van der Waals surface area contributed by atoms with Gasteiger partial charge in [0.2, 0.25) is 0 Å². The molecule has 116 valence electrons. The van der Waals surface area contributed by atoms with E-state index >= 15 is 0 Å². The van der Waals surface area contributed by atoms with Crippen LogP contribution >= 0.6 is 0 Å². The predicted molar refractivity (Wildman–Crippen MR) is 90.7 cm³/mol. The van der Waals surface area contributed by atoms with Crippen LogP contribution in [0.3, 0.4) is 0 Å². The average Bonchev–Trinajstić information content (AvgIpc) is 2.88. The Morgan fingerprint density at radius 1 is 1.13 bits per heavy atom. The first kappa shape index (κ1) is 15.0. The number of para-hydroxylation sites is 1. The van der Waals surface area contributed by atoms with E-state index in [1.165, 1.54) is 0 Å². The number of carbonyl (C=O) groups is 1. The number of hydrogen-bond donors (Lipinski definition) is 1. The van der Waals surface area contributed by atoms with E-state index in [0.717, 1.165) is 22.6 Å². The number of carbonyl (C=O) groups excluding carboxylic acids is 1. The third kappa shape index (κ3) is 3.16. The monoisotopic (exact) mass is 305 g/mol. The van der Waals surface area contributed by atoms with Crippen molar-refractivity contribution in [3.63, 3.8) is 0 Å². The molecule has 0 fully saturated rings. The zero-order chi connectivity index (χ0) is 16.2. The molecule has 2 heterocycles. The summed E-state index contributed by atoms with van der Waals surface area (Å²) in [7, 11) is 0. The van der Waals surface area contributed by atoms with E-state index in [9.17, 15) is 4.79 Å². The molecule has 0 atom stereocenters. The molecular weight excluding hydrogens is 286 g/mol. The van der Waals surface area contributed by atoms with Gasteiger partial charge in [0.05, 0.1) is 5.56 Å². The second-order valence-corrected chi connectivity index (χ2v) is 5.49. The highest BCUT2D eigenvalue weighted by Gasteiger charge is 2.12. The molecule has 0 radical (unpaired) electrons. The maximum absolute atomic E-state index is 12.1.